The standard InChI is InChI=1S/C20H16N2O/c23-14-16-9-6-12-22(16)20-13-19(15-7-2-1-3-8-15)21-18-11-5-4-10-17(18)20/h1-5,7-8,10-11,13H,6,9,12H2. The fourth-order valence-corrected chi connectivity index (χ4v) is 3.18. The summed E-state index contributed by atoms with van der Waals surface area (Å²) in [6.45, 7) is 0.854. The Morgan fingerprint density at radius 3 is 2.61 bits per heavy atom. The lowest BCUT2D eigenvalue weighted by molar-refractivity contribution is 0.566. The van der Waals surface area contributed by atoms with Crippen LogP contribution in [-0.2, 0) is 4.79 Å². The molecule has 3 heteroatoms. The minimum atomic E-state index is 0.736. The van der Waals surface area contributed by atoms with Gasteiger partial charge in [0.2, 0.25) is 0 Å². The van der Waals surface area contributed by atoms with Gasteiger partial charge in [-0.3, -0.25) is 0 Å². The molecule has 1 aliphatic heterocycles. The molecular formula is C20H16N2O. The summed E-state index contributed by atoms with van der Waals surface area (Å²) in [5, 5.41) is 1.07. The molecule has 0 radical (unpaired) electrons. The average Bonchev–Trinajstić information content (AvgIpc) is 3.10. The first kappa shape index (κ1) is 13.7. The molecule has 1 aromatic heterocycles. The first-order chi connectivity index (χ1) is 11.4. The zero-order valence-corrected chi connectivity index (χ0v) is 12.7. The Labute approximate surface area is 134 Å². The van der Waals surface area contributed by atoms with Gasteiger partial charge in [-0.25, -0.2) is 9.78 Å². The fraction of sp³-hybridized carbons (Fsp3) is 0.150. The number of benzene rings is 2. The molecule has 1 saturated heterocycles. The Kier molecular flexibility index (Phi) is 3.41. The number of fused-ring (bicyclic) bond motifs is 1. The predicted molar refractivity (Wildman–Crippen MR) is 93.0 cm³/mol. The molecule has 0 bridgehead atoms. The summed E-state index contributed by atoms with van der Waals surface area (Å²) in [5.41, 5.74) is 4.73. The van der Waals surface area contributed by atoms with Crippen LogP contribution in [0.2, 0.25) is 0 Å². The van der Waals surface area contributed by atoms with Crippen molar-refractivity contribution in [1.29, 1.82) is 0 Å². The monoisotopic (exact) mass is 300 g/mol. The molecule has 112 valence electrons. The lowest BCUT2D eigenvalue weighted by Crippen LogP contribution is -2.17. The molecule has 4 rings (SSSR count). The van der Waals surface area contributed by atoms with Crippen molar-refractivity contribution in [3.8, 4) is 11.3 Å². The molecule has 0 spiro atoms. The molecule has 2 heterocycles. The fourth-order valence-electron chi connectivity index (χ4n) is 3.18. The van der Waals surface area contributed by atoms with Gasteiger partial charge in [-0.05, 0) is 18.6 Å². The number of aromatic nitrogens is 1. The van der Waals surface area contributed by atoms with Crippen molar-refractivity contribution in [3.05, 3.63) is 66.4 Å². The van der Waals surface area contributed by atoms with Gasteiger partial charge in [0.15, 0.2) is 0 Å². The van der Waals surface area contributed by atoms with Crippen LogP contribution in [0.1, 0.15) is 12.8 Å². The zero-order valence-electron chi connectivity index (χ0n) is 12.7. The van der Waals surface area contributed by atoms with E-state index in [9.17, 15) is 4.79 Å². The van der Waals surface area contributed by atoms with Gasteiger partial charge in [0.1, 0.15) is 11.6 Å². The molecule has 0 saturated carbocycles. The van der Waals surface area contributed by atoms with E-state index in [1.165, 1.54) is 0 Å². The largest absolute Gasteiger partial charge is 0.335 e. The number of hydrogen-bond acceptors (Lipinski definition) is 3. The molecular weight excluding hydrogens is 284 g/mol. The highest BCUT2D eigenvalue weighted by molar-refractivity contribution is 5.95. The summed E-state index contributed by atoms with van der Waals surface area (Å²) in [7, 11) is 0. The molecule has 1 aliphatic rings. The van der Waals surface area contributed by atoms with Crippen molar-refractivity contribution in [2.24, 2.45) is 0 Å². The minimum Gasteiger partial charge on any atom is -0.335 e. The van der Waals surface area contributed by atoms with Crippen molar-refractivity contribution in [2.45, 2.75) is 12.8 Å². The van der Waals surface area contributed by atoms with Gasteiger partial charge < -0.3 is 4.90 Å². The van der Waals surface area contributed by atoms with Crippen molar-refractivity contribution in [2.75, 3.05) is 11.4 Å². The van der Waals surface area contributed by atoms with E-state index in [1.807, 2.05) is 36.4 Å². The molecule has 3 nitrogen and oxygen atoms in total. The first-order valence-electron chi connectivity index (χ1n) is 7.83. The number of pyridine rings is 1. The van der Waals surface area contributed by atoms with E-state index in [0.29, 0.717) is 0 Å². The van der Waals surface area contributed by atoms with Gasteiger partial charge in [-0.2, -0.15) is 0 Å². The normalized spacial score (nSPS) is 14.3. The van der Waals surface area contributed by atoms with E-state index in [4.69, 9.17) is 4.98 Å². The average molecular weight is 300 g/mol. The maximum Gasteiger partial charge on any atom is 0.146 e. The number of para-hydroxylation sites is 1. The lowest BCUT2D eigenvalue weighted by atomic mass is 10.1. The summed E-state index contributed by atoms with van der Waals surface area (Å²) in [6.07, 6.45) is 1.78. The Morgan fingerprint density at radius 2 is 1.78 bits per heavy atom. The summed E-state index contributed by atoms with van der Waals surface area (Å²) < 4.78 is 0. The van der Waals surface area contributed by atoms with Crippen LogP contribution in [0.15, 0.2) is 66.4 Å². The first-order valence-corrected chi connectivity index (χ1v) is 7.83. The van der Waals surface area contributed by atoms with E-state index < -0.39 is 0 Å². The van der Waals surface area contributed by atoms with Crippen LogP contribution in [0, 0.1) is 0 Å². The highest BCUT2D eigenvalue weighted by Crippen LogP contribution is 2.35. The van der Waals surface area contributed by atoms with E-state index in [2.05, 4.69) is 35.1 Å². The van der Waals surface area contributed by atoms with Gasteiger partial charge in [0, 0.05) is 23.9 Å². The molecule has 0 aliphatic carbocycles. The molecule has 1 fully saturated rings. The van der Waals surface area contributed by atoms with Crippen LogP contribution < -0.4 is 4.90 Å². The summed E-state index contributed by atoms with van der Waals surface area (Å²) in [6, 6.07) is 20.3. The second kappa shape index (κ2) is 5.71. The smallest absolute Gasteiger partial charge is 0.146 e. The van der Waals surface area contributed by atoms with Gasteiger partial charge in [0.25, 0.3) is 0 Å². The van der Waals surface area contributed by atoms with Crippen molar-refractivity contribution in [1.82, 2.24) is 4.98 Å². The number of allylic oxidation sites excluding steroid dienone is 1. The van der Waals surface area contributed by atoms with Crippen molar-refractivity contribution in [3.63, 3.8) is 0 Å². The van der Waals surface area contributed by atoms with Crippen LogP contribution in [0.25, 0.3) is 22.2 Å². The number of carbonyl (C=O) groups excluding carboxylic acids is 1. The van der Waals surface area contributed by atoms with Gasteiger partial charge >= 0.3 is 0 Å². The van der Waals surface area contributed by atoms with Crippen LogP contribution in [-0.4, -0.2) is 17.5 Å². The molecule has 0 N–H and O–H groups in total. The SMILES string of the molecule is O=C=C1CCCN1c1cc(-c2ccccc2)nc2ccccc12. The molecule has 0 amide bonds. The van der Waals surface area contributed by atoms with Gasteiger partial charge in [-0.1, -0.05) is 48.5 Å². The van der Waals surface area contributed by atoms with E-state index >= 15 is 0 Å². The molecule has 3 aromatic rings. The highest BCUT2D eigenvalue weighted by atomic mass is 16.1. The second-order valence-corrected chi connectivity index (χ2v) is 5.71. The summed E-state index contributed by atoms with van der Waals surface area (Å²) in [5.74, 6) is 2.11. The second-order valence-electron chi connectivity index (χ2n) is 5.71. The van der Waals surface area contributed by atoms with Crippen molar-refractivity contribution < 1.29 is 4.79 Å². The molecule has 0 unspecified atom stereocenters. The molecule has 23 heavy (non-hydrogen) atoms. The van der Waals surface area contributed by atoms with Crippen molar-refractivity contribution >= 4 is 22.5 Å². The number of rotatable bonds is 2. The lowest BCUT2D eigenvalue weighted by Gasteiger charge is -2.21. The van der Waals surface area contributed by atoms with Crippen LogP contribution in [0.3, 0.4) is 0 Å². The Hall–Kier alpha value is -2.90. The third kappa shape index (κ3) is 2.41. The Balaban J connectivity index is 1.96. The maximum absolute atomic E-state index is 11.3. The van der Waals surface area contributed by atoms with Gasteiger partial charge in [-0.15, -0.1) is 0 Å². The third-order valence-corrected chi connectivity index (χ3v) is 4.29. The molecule has 0 atom stereocenters. The summed E-state index contributed by atoms with van der Waals surface area (Å²) in [4.78, 5) is 18.1. The minimum absolute atomic E-state index is 0.736. The Bertz CT molecular complexity index is 911. The van der Waals surface area contributed by atoms with Crippen LogP contribution in [0.4, 0.5) is 5.69 Å². The van der Waals surface area contributed by atoms with Crippen LogP contribution >= 0.6 is 0 Å². The number of nitrogens with zero attached hydrogens (tertiary/aromatic N) is 2. The predicted octanol–water partition coefficient (Wildman–Crippen LogP) is 4.22. The summed E-state index contributed by atoms with van der Waals surface area (Å²) >= 11 is 0. The quantitative estimate of drug-likeness (QED) is 0.664. The van der Waals surface area contributed by atoms with E-state index in [-0.39, 0.29) is 0 Å². The number of hydrogen-bond donors (Lipinski definition) is 0. The third-order valence-electron chi connectivity index (χ3n) is 4.29. The van der Waals surface area contributed by atoms with E-state index in [1.54, 1.807) is 0 Å². The molecule has 2 aromatic carbocycles. The maximum atomic E-state index is 11.3. The van der Waals surface area contributed by atoms with E-state index in [0.717, 1.165) is 52.9 Å². The zero-order chi connectivity index (χ0) is 15.6. The van der Waals surface area contributed by atoms with Crippen LogP contribution in [0.5, 0.6) is 0 Å². The number of anilines is 1. The highest BCUT2D eigenvalue weighted by Gasteiger charge is 2.22. The Morgan fingerprint density at radius 1 is 1.00 bits per heavy atom. The topological polar surface area (TPSA) is 33.2 Å². The van der Waals surface area contributed by atoms with Gasteiger partial charge in [0.05, 0.1) is 16.9 Å².